The average molecular weight is 251 g/mol. The average Bonchev–Trinajstić information content (AvgIpc) is 2.39. The highest BCUT2D eigenvalue weighted by molar-refractivity contribution is 5.85. The summed E-state index contributed by atoms with van der Waals surface area (Å²) in [5.74, 6) is -0.732. The van der Waals surface area contributed by atoms with Gasteiger partial charge in [-0.15, -0.1) is 0 Å². The second-order valence-corrected chi connectivity index (χ2v) is 4.87. The Bertz CT molecular complexity index is 440. The fourth-order valence-electron chi connectivity index (χ4n) is 2.41. The molecule has 98 valence electrons. The summed E-state index contributed by atoms with van der Waals surface area (Å²) in [6.07, 6.45) is 6.09. The van der Waals surface area contributed by atoms with E-state index < -0.39 is 0 Å². The van der Waals surface area contributed by atoms with Crippen molar-refractivity contribution in [1.82, 2.24) is 0 Å². The summed E-state index contributed by atoms with van der Waals surface area (Å²) in [5.41, 5.74) is 1.57. The van der Waals surface area contributed by atoms with Crippen LogP contribution in [0.15, 0.2) is 23.2 Å². The number of hydrogen-bond donors (Lipinski definition) is 0. The fourth-order valence-corrected chi connectivity index (χ4v) is 2.41. The molecule has 1 aromatic carbocycles. The quantitative estimate of drug-likeness (QED) is 0.727. The van der Waals surface area contributed by atoms with Crippen LogP contribution in [0.2, 0.25) is 0 Å². The van der Waals surface area contributed by atoms with Crippen molar-refractivity contribution >= 4 is 5.71 Å². The Morgan fingerprint density at radius 3 is 2.94 bits per heavy atom. The van der Waals surface area contributed by atoms with Crippen LogP contribution in [-0.2, 0) is 0 Å². The zero-order valence-electron chi connectivity index (χ0n) is 10.8. The highest BCUT2D eigenvalue weighted by Gasteiger charge is 2.20. The molecular weight excluding hydrogens is 232 g/mol. The van der Waals surface area contributed by atoms with E-state index >= 15 is 0 Å². The smallest absolute Gasteiger partial charge is 0.128 e. The summed E-state index contributed by atoms with van der Waals surface area (Å²) in [5, 5.41) is 0. The molecular formula is C15H19F2N. The van der Waals surface area contributed by atoms with Crippen LogP contribution in [0.5, 0.6) is 0 Å². The number of nitrogens with zero attached hydrogens (tertiary/aromatic N) is 1. The van der Waals surface area contributed by atoms with E-state index in [-0.39, 0.29) is 17.7 Å². The second kappa shape index (κ2) is 6.07. The van der Waals surface area contributed by atoms with E-state index in [0.29, 0.717) is 5.56 Å². The summed E-state index contributed by atoms with van der Waals surface area (Å²) in [6, 6.07) is 3.44. The molecule has 3 heteroatoms. The van der Waals surface area contributed by atoms with E-state index in [1.54, 1.807) is 0 Å². The molecule has 1 heterocycles. The Morgan fingerprint density at radius 1 is 1.33 bits per heavy atom. The van der Waals surface area contributed by atoms with Crippen LogP contribution >= 0.6 is 0 Å². The van der Waals surface area contributed by atoms with Gasteiger partial charge < -0.3 is 0 Å². The van der Waals surface area contributed by atoms with Gasteiger partial charge in [-0.1, -0.05) is 13.3 Å². The first-order chi connectivity index (χ1) is 8.70. The highest BCUT2D eigenvalue weighted by atomic mass is 19.1. The Kier molecular flexibility index (Phi) is 4.45. The number of halogens is 2. The van der Waals surface area contributed by atoms with Gasteiger partial charge in [-0.2, -0.15) is 0 Å². The fraction of sp³-hybridized carbons (Fsp3) is 0.533. The topological polar surface area (TPSA) is 12.4 Å². The Balaban J connectivity index is 2.19. The minimum absolute atomic E-state index is 0.193. The number of unbranched alkanes of at least 4 members (excludes halogenated alkanes) is 1. The molecule has 0 bridgehead atoms. The molecule has 0 unspecified atom stereocenters. The molecule has 0 N–H and O–H groups in total. The molecule has 1 aliphatic heterocycles. The van der Waals surface area contributed by atoms with Gasteiger partial charge in [0.25, 0.3) is 0 Å². The normalized spacial score (nSPS) is 19.7. The third kappa shape index (κ3) is 3.15. The van der Waals surface area contributed by atoms with Gasteiger partial charge in [-0.25, -0.2) is 8.78 Å². The van der Waals surface area contributed by atoms with Crippen LogP contribution < -0.4 is 0 Å². The van der Waals surface area contributed by atoms with Crippen molar-refractivity contribution < 1.29 is 8.78 Å². The summed E-state index contributed by atoms with van der Waals surface area (Å²) < 4.78 is 26.9. The molecule has 2 rings (SSSR count). The van der Waals surface area contributed by atoms with E-state index in [4.69, 9.17) is 0 Å². The molecule has 18 heavy (non-hydrogen) atoms. The van der Waals surface area contributed by atoms with Gasteiger partial charge in [0.05, 0.1) is 6.04 Å². The standard InChI is InChI=1S/C15H19F2N/c1-2-3-5-12-6-4-7-15(18-12)13-10-11(16)8-9-14(13)17/h8-10,15H,2-7H2,1H3/t15-/m0/s1. The van der Waals surface area contributed by atoms with E-state index in [0.717, 1.165) is 50.3 Å². The van der Waals surface area contributed by atoms with Crippen molar-refractivity contribution in [2.24, 2.45) is 4.99 Å². The summed E-state index contributed by atoms with van der Waals surface area (Å²) in [6.45, 7) is 2.15. The molecule has 0 spiro atoms. The van der Waals surface area contributed by atoms with Crippen LogP contribution in [0.1, 0.15) is 57.1 Å². The molecule has 1 nitrogen and oxygen atoms in total. The highest BCUT2D eigenvalue weighted by Crippen LogP contribution is 2.31. The molecule has 0 aromatic heterocycles. The van der Waals surface area contributed by atoms with Crippen LogP contribution in [0.25, 0.3) is 0 Å². The van der Waals surface area contributed by atoms with Crippen molar-refractivity contribution in [2.75, 3.05) is 0 Å². The lowest BCUT2D eigenvalue weighted by Crippen LogP contribution is -2.11. The van der Waals surface area contributed by atoms with Gasteiger partial charge in [-0.05, 0) is 50.3 Å². The predicted octanol–water partition coefficient (Wildman–Crippen LogP) is 4.82. The Labute approximate surface area is 107 Å². The Hall–Kier alpha value is -1.25. The van der Waals surface area contributed by atoms with Crippen molar-refractivity contribution in [3.05, 3.63) is 35.4 Å². The first-order valence-corrected chi connectivity index (χ1v) is 6.71. The summed E-state index contributed by atoms with van der Waals surface area (Å²) in [4.78, 5) is 4.60. The van der Waals surface area contributed by atoms with Gasteiger partial charge in [-0.3, -0.25) is 4.99 Å². The van der Waals surface area contributed by atoms with Crippen LogP contribution in [0.3, 0.4) is 0 Å². The third-order valence-corrected chi connectivity index (χ3v) is 3.42. The first kappa shape index (κ1) is 13.2. The maximum absolute atomic E-state index is 13.7. The van der Waals surface area contributed by atoms with Crippen LogP contribution in [-0.4, -0.2) is 5.71 Å². The van der Waals surface area contributed by atoms with Gasteiger partial charge in [0.15, 0.2) is 0 Å². The summed E-state index contributed by atoms with van der Waals surface area (Å²) in [7, 11) is 0. The molecule has 0 aliphatic carbocycles. The van der Waals surface area contributed by atoms with Gasteiger partial charge >= 0.3 is 0 Å². The van der Waals surface area contributed by atoms with E-state index in [1.807, 2.05) is 0 Å². The van der Waals surface area contributed by atoms with E-state index in [9.17, 15) is 8.78 Å². The number of rotatable bonds is 4. The van der Waals surface area contributed by atoms with Gasteiger partial charge in [0.1, 0.15) is 11.6 Å². The first-order valence-electron chi connectivity index (χ1n) is 6.71. The van der Waals surface area contributed by atoms with Crippen LogP contribution in [0, 0.1) is 11.6 Å². The maximum atomic E-state index is 13.7. The van der Waals surface area contributed by atoms with E-state index in [2.05, 4.69) is 11.9 Å². The molecule has 1 aromatic rings. The zero-order valence-corrected chi connectivity index (χ0v) is 10.8. The lowest BCUT2D eigenvalue weighted by Gasteiger charge is -2.21. The minimum Gasteiger partial charge on any atom is -0.286 e. The third-order valence-electron chi connectivity index (χ3n) is 3.42. The Morgan fingerprint density at radius 2 is 2.17 bits per heavy atom. The SMILES string of the molecule is CCCCC1=N[C@H](c2cc(F)ccc2F)CCC1. The summed E-state index contributed by atoms with van der Waals surface area (Å²) >= 11 is 0. The van der Waals surface area contributed by atoms with Crippen molar-refractivity contribution in [2.45, 2.75) is 51.5 Å². The zero-order chi connectivity index (χ0) is 13.0. The molecule has 1 aliphatic rings. The predicted molar refractivity (Wildman–Crippen MR) is 69.9 cm³/mol. The molecule has 0 saturated heterocycles. The van der Waals surface area contributed by atoms with Crippen LogP contribution in [0.4, 0.5) is 8.78 Å². The van der Waals surface area contributed by atoms with Crippen molar-refractivity contribution in [3.8, 4) is 0 Å². The van der Waals surface area contributed by atoms with Crippen molar-refractivity contribution in [3.63, 3.8) is 0 Å². The minimum atomic E-state index is -0.387. The molecule has 0 saturated carbocycles. The number of hydrogen-bond acceptors (Lipinski definition) is 1. The lowest BCUT2D eigenvalue weighted by atomic mass is 9.94. The monoisotopic (exact) mass is 251 g/mol. The van der Waals surface area contributed by atoms with Gasteiger partial charge in [0.2, 0.25) is 0 Å². The maximum Gasteiger partial charge on any atom is 0.128 e. The molecule has 0 radical (unpaired) electrons. The molecule has 0 fully saturated rings. The molecule has 1 atom stereocenters. The second-order valence-electron chi connectivity index (χ2n) is 4.87. The lowest BCUT2D eigenvalue weighted by molar-refractivity contribution is 0.528. The number of aliphatic imine (C=N–C) groups is 1. The molecule has 0 amide bonds. The van der Waals surface area contributed by atoms with Crippen molar-refractivity contribution in [1.29, 1.82) is 0 Å². The van der Waals surface area contributed by atoms with E-state index in [1.165, 1.54) is 12.1 Å². The van der Waals surface area contributed by atoms with Gasteiger partial charge in [0, 0.05) is 11.3 Å². The number of benzene rings is 1. The largest absolute Gasteiger partial charge is 0.286 e.